The average Bonchev–Trinajstić information content (AvgIpc) is 3.51. The van der Waals surface area contributed by atoms with Gasteiger partial charge < -0.3 is 14.0 Å². The number of hydrogen-bond acceptors (Lipinski definition) is 7. The molecule has 1 unspecified atom stereocenters. The number of rotatable bonds is 4. The van der Waals surface area contributed by atoms with E-state index in [-0.39, 0.29) is 16.6 Å². The Bertz CT molecular complexity index is 1350. The van der Waals surface area contributed by atoms with E-state index in [2.05, 4.69) is 10.1 Å². The van der Waals surface area contributed by atoms with Crippen LogP contribution in [0, 0.1) is 5.82 Å². The van der Waals surface area contributed by atoms with Gasteiger partial charge in [-0.2, -0.15) is 4.31 Å². The van der Waals surface area contributed by atoms with Crippen LogP contribution >= 0.6 is 0 Å². The first kappa shape index (κ1) is 23.1. The second-order valence-electron chi connectivity index (χ2n) is 9.37. The minimum atomic E-state index is -3.73. The molecule has 8 nitrogen and oxygen atoms in total. The molecule has 2 aromatic carbocycles. The lowest BCUT2D eigenvalue weighted by atomic mass is 9.90. The Morgan fingerprint density at radius 2 is 1.86 bits per heavy atom. The summed E-state index contributed by atoms with van der Waals surface area (Å²) in [7, 11) is -3.73. The van der Waals surface area contributed by atoms with Crippen molar-refractivity contribution < 1.29 is 26.8 Å². The summed E-state index contributed by atoms with van der Waals surface area (Å²) in [4.78, 5) is 2.43. The van der Waals surface area contributed by atoms with Crippen LogP contribution < -0.4 is 0 Å². The number of likely N-dealkylation sites (tertiary alicyclic amines) is 1. The zero-order valence-electron chi connectivity index (χ0n) is 19.5. The third kappa shape index (κ3) is 3.54. The molecule has 1 aromatic heterocycles. The molecule has 0 aliphatic carbocycles. The van der Waals surface area contributed by atoms with Gasteiger partial charge in [0.15, 0.2) is 5.58 Å². The van der Waals surface area contributed by atoms with Crippen molar-refractivity contribution in [3.05, 3.63) is 59.5 Å². The van der Waals surface area contributed by atoms with Gasteiger partial charge in [0.25, 0.3) is 0 Å². The molecule has 1 spiro atoms. The van der Waals surface area contributed by atoms with Gasteiger partial charge in [-0.15, -0.1) is 0 Å². The minimum Gasteiger partial charge on any atom is -0.356 e. The number of sulfonamides is 1. The number of nitrogens with zero attached hydrogens (tertiary/aromatic N) is 3. The molecule has 0 N–H and O–H groups in total. The van der Waals surface area contributed by atoms with E-state index in [0.29, 0.717) is 50.4 Å². The summed E-state index contributed by atoms with van der Waals surface area (Å²) in [6, 6.07) is 11.5. The zero-order chi connectivity index (χ0) is 24.2. The van der Waals surface area contributed by atoms with Crippen molar-refractivity contribution in [2.45, 2.75) is 49.0 Å². The van der Waals surface area contributed by atoms with Crippen molar-refractivity contribution in [2.75, 3.05) is 32.8 Å². The van der Waals surface area contributed by atoms with Gasteiger partial charge >= 0.3 is 0 Å². The normalized spacial score (nSPS) is 24.8. The standard InChI is InChI=1S/C25H28FN3O5S/c1-2-11-29-24(25(32-14-15-33-25)20-5-3-4-6-22(20)35(29,30)31)28-12-9-17(10-13-28)23-19-8-7-18(26)16-21(19)34-27-23/h3-8,16-17,24H,2,9-15H2,1H3. The van der Waals surface area contributed by atoms with E-state index in [1.807, 2.05) is 19.1 Å². The Morgan fingerprint density at radius 1 is 1.11 bits per heavy atom. The van der Waals surface area contributed by atoms with Crippen molar-refractivity contribution in [2.24, 2.45) is 0 Å². The van der Waals surface area contributed by atoms with Gasteiger partial charge in [0, 0.05) is 42.6 Å². The van der Waals surface area contributed by atoms with Gasteiger partial charge in [0.2, 0.25) is 15.8 Å². The highest BCUT2D eigenvalue weighted by Crippen LogP contribution is 2.48. The Kier molecular flexibility index (Phi) is 5.69. The van der Waals surface area contributed by atoms with Crippen LogP contribution in [0.4, 0.5) is 4.39 Å². The molecule has 6 rings (SSSR count). The number of halogens is 1. The van der Waals surface area contributed by atoms with E-state index in [0.717, 1.165) is 23.9 Å². The Hall–Kier alpha value is -2.37. The molecule has 186 valence electrons. The summed E-state index contributed by atoms with van der Waals surface area (Å²) in [6.07, 6.45) is 1.58. The maximum absolute atomic E-state index is 13.7. The molecule has 1 atom stereocenters. The van der Waals surface area contributed by atoms with Gasteiger partial charge in [-0.05, 0) is 37.5 Å². The summed E-state index contributed by atoms with van der Waals surface area (Å²) in [5.41, 5.74) is 1.84. The van der Waals surface area contributed by atoms with Crippen molar-refractivity contribution in [3.63, 3.8) is 0 Å². The van der Waals surface area contributed by atoms with Crippen LogP contribution in [0.25, 0.3) is 11.0 Å². The third-order valence-corrected chi connectivity index (χ3v) is 9.26. The highest BCUT2D eigenvalue weighted by Gasteiger charge is 2.59. The molecule has 4 heterocycles. The lowest BCUT2D eigenvalue weighted by Crippen LogP contribution is -2.66. The summed E-state index contributed by atoms with van der Waals surface area (Å²) in [6.45, 7) is 4.43. The first-order valence-corrected chi connectivity index (χ1v) is 13.6. The Labute approximate surface area is 203 Å². The van der Waals surface area contributed by atoms with Gasteiger partial charge in [-0.1, -0.05) is 30.3 Å². The summed E-state index contributed by atoms with van der Waals surface area (Å²) in [5, 5.41) is 5.07. The van der Waals surface area contributed by atoms with E-state index in [1.165, 1.54) is 12.1 Å². The number of fused-ring (bicyclic) bond motifs is 3. The van der Waals surface area contributed by atoms with Crippen molar-refractivity contribution in [3.8, 4) is 0 Å². The molecule has 0 amide bonds. The number of ether oxygens (including phenoxy) is 2. The predicted molar refractivity (Wildman–Crippen MR) is 126 cm³/mol. The highest BCUT2D eigenvalue weighted by molar-refractivity contribution is 7.89. The minimum absolute atomic E-state index is 0.131. The Balaban J connectivity index is 1.35. The highest BCUT2D eigenvalue weighted by atomic mass is 32.2. The molecule has 0 bridgehead atoms. The number of piperidine rings is 1. The SMILES string of the molecule is CCCN1C(N2CCC(c3noc4cc(F)ccc34)CC2)C2(OCCO2)c2ccccc2S1(=O)=O. The van der Waals surface area contributed by atoms with E-state index >= 15 is 0 Å². The molecule has 3 aliphatic rings. The molecule has 2 saturated heterocycles. The smallest absolute Gasteiger partial charge is 0.245 e. The maximum atomic E-state index is 13.7. The third-order valence-electron chi connectivity index (χ3n) is 7.35. The summed E-state index contributed by atoms with van der Waals surface area (Å²) >= 11 is 0. The van der Waals surface area contributed by atoms with Gasteiger partial charge in [0.05, 0.1) is 23.8 Å². The van der Waals surface area contributed by atoms with Crippen LogP contribution in [0.3, 0.4) is 0 Å². The largest absolute Gasteiger partial charge is 0.356 e. The van der Waals surface area contributed by atoms with Crippen LogP contribution in [0.2, 0.25) is 0 Å². The van der Waals surface area contributed by atoms with E-state index in [1.54, 1.807) is 22.5 Å². The molecular formula is C25H28FN3O5S. The van der Waals surface area contributed by atoms with Crippen LogP contribution in [-0.2, 0) is 25.3 Å². The predicted octanol–water partition coefficient (Wildman–Crippen LogP) is 3.79. The van der Waals surface area contributed by atoms with E-state index in [9.17, 15) is 12.8 Å². The van der Waals surface area contributed by atoms with E-state index in [4.69, 9.17) is 14.0 Å². The Morgan fingerprint density at radius 3 is 2.60 bits per heavy atom. The fourth-order valence-corrected chi connectivity index (χ4v) is 7.78. The van der Waals surface area contributed by atoms with Gasteiger partial charge in [-0.25, -0.2) is 12.8 Å². The quantitative estimate of drug-likeness (QED) is 0.538. The van der Waals surface area contributed by atoms with Crippen molar-refractivity contribution in [1.82, 2.24) is 14.4 Å². The van der Waals surface area contributed by atoms with Crippen LogP contribution in [0.5, 0.6) is 0 Å². The first-order chi connectivity index (χ1) is 17.0. The zero-order valence-corrected chi connectivity index (χ0v) is 20.3. The lowest BCUT2D eigenvalue weighted by Gasteiger charge is -2.51. The molecule has 2 fully saturated rings. The van der Waals surface area contributed by atoms with Crippen molar-refractivity contribution >= 4 is 21.0 Å². The second-order valence-corrected chi connectivity index (χ2v) is 11.2. The van der Waals surface area contributed by atoms with E-state index < -0.39 is 22.0 Å². The fourth-order valence-electron chi connectivity index (χ4n) is 5.83. The lowest BCUT2D eigenvalue weighted by molar-refractivity contribution is -0.242. The van der Waals surface area contributed by atoms with Gasteiger partial charge in [0.1, 0.15) is 12.0 Å². The molecular weight excluding hydrogens is 473 g/mol. The number of hydrogen-bond donors (Lipinski definition) is 0. The average molecular weight is 502 g/mol. The fraction of sp³-hybridized carbons (Fsp3) is 0.480. The monoisotopic (exact) mass is 501 g/mol. The molecule has 0 saturated carbocycles. The molecule has 10 heteroatoms. The molecule has 3 aromatic rings. The van der Waals surface area contributed by atoms with Crippen LogP contribution in [0.15, 0.2) is 51.9 Å². The van der Waals surface area contributed by atoms with Crippen molar-refractivity contribution in [1.29, 1.82) is 0 Å². The van der Waals surface area contributed by atoms with Crippen LogP contribution in [-0.4, -0.2) is 61.8 Å². The molecule has 3 aliphatic heterocycles. The number of aromatic nitrogens is 1. The summed E-state index contributed by atoms with van der Waals surface area (Å²) < 4.78 is 60.6. The second kappa shape index (κ2) is 8.63. The maximum Gasteiger partial charge on any atom is 0.245 e. The number of benzene rings is 2. The van der Waals surface area contributed by atoms with Crippen LogP contribution in [0.1, 0.15) is 43.4 Å². The topological polar surface area (TPSA) is 85.1 Å². The molecule has 35 heavy (non-hydrogen) atoms. The summed E-state index contributed by atoms with van der Waals surface area (Å²) in [5.74, 6) is -1.39. The van der Waals surface area contributed by atoms with Gasteiger partial charge in [-0.3, -0.25) is 4.90 Å². The molecule has 0 radical (unpaired) electrons. The first-order valence-electron chi connectivity index (χ1n) is 12.1.